The van der Waals surface area contributed by atoms with Crippen molar-refractivity contribution in [3.8, 4) is 0 Å². The minimum Gasteiger partial charge on any atom is -0.271 e. The van der Waals surface area contributed by atoms with Crippen LogP contribution in [0.4, 0.5) is 0 Å². The molecule has 0 bridgehead atoms. The SMILES string of the molecule is Cc1cccc(SCC(Cc2ccncc2Cl)NN)c1. The summed E-state index contributed by atoms with van der Waals surface area (Å²) in [7, 11) is 0. The Morgan fingerprint density at radius 1 is 1.40 bits per heavy atom. The Kier molecular flexibility index (Phi) is 5.86. The third-order valence-corrected chi connectivity index (χ3v) is 4.50. The molecule has 3 nitrogen and oxygen atoms in total. The number of hydrogen-bond acceptors (Lipinski definition) is 4. The first-order chi connectivity index (χ1) is 9.69. The van der Waals surface area contributed by atoms with Crippen LogP contribution in [0, 0.1) is 6.92 Å². The highest BCUT2D eigenvalue weighted by molar-refractivity contribution is 7.99. The average Bonchev–Trinajstić information content (AvgIpc) is 2.45. The zero-order chi connectivity index (χ0) is 14.4. The standard InChI is InChI=1S/C15H18ClN3S/c1-11-3-2-4-14(7-11)20-10-13(19-17)8-12-5-6-18-9-15(12)16/h2-7,9,13,19H,8,10,17H2,1H3. The number of hydrogen-bond donors (Lipinski definition) is 2. The number of pyridine rings is 1. The molecule has 5 heteroatoms. The van der Waals surface area contributed by atoms with Crippen LogP contribution >= 0.6 is 23.4 Å². The second-order valence-electron chi connectivity index (χ2n) is 4.66. The van der Waals surface area contributed by atoms with E-state index in [9.17, 15) is 0 Å². The second kappa shape index (κ2) is 7.64. The quantitative estimate of drug-likeness (QED) is 0.489. The molecule has 0 aliphatic heterocycles. The molecule has 0 amide bonds. The third kappa shape index (κ3) is 4.49. The van der Waals surface area contributed by atoms with Crippen molar-refractivity contribution in [1.82, 2.24) is 10.4 Å². The van der Waals surface area contributed by atoms with Crippen LogP contribution in [-0.4, -0.2) is 16.8 Å². The van der Waals surface area contributed by atoms with Crippen LogP contribution in [0.1, 0.15) is 11.1 Å². The van der Waals surface area contributed by atoms with Gasteiger partial charge in [0.2, 0.25) is 0 Å². The summed E-state index contributed by atoms with van der Waals surface area (Å²) in [5, 5.41) is 0.688. The molecule has 2 rings (SSSR count). The van der Waals surface area contributed by atoms with Gasteiger partial charge in [0, 0.05) is 29.1 Å². The zero-order valence-corrected chi connectivity index (χ0v) is 12.9. The number of nitrogens with one attached hydrogen (secondary N) is 1. The maximum Gasteiger partial charge on any atom is 0.0621 e. The molecule has 0 aliphatic carbocycles. The van der Waals surface area contributed by atoms with Crippen LogP contribution < -0.4 is 11.3 Å². The Hall–Kier alpha value is -1.07. The Balaban J connectivity index is 1.94. The molecule has 0 spiro atoms. The highest BCUT2D eigenvalue weighted by atomic mass is 35.5. The first-order valence-electron chi connectivity index (χ1n) is 6.43. The number of thioether (sulfide) groups is 1. The van der Waals surface area contributed by atoms with E-state index in [1.165, 1.54) is 10.5 Å². The van der Waals surface area contributed by atoms with Crippen LogP contribution in [0.25, 0.3) is 0 Å². The summed E-state index contributed by atoms with van der Waals surface area (Å²) in [5.41, 5.74) is 5.20. The lowest BCUT2D eigenvalue weighted by molar-refractivity contribution is 0.575. The summed E-state index contributed by atoms with van der Waals surface area (Å²) >= 11 is 7.92. The predicted molar refractivity (Wildman–Crippen MR) is 86.0 cm³/mol. The van der Waals surface area contributed by atoms with E-state index >= 15 is 0 Å². The number of halogens is 1. The van der Waals surface area contributed by atoms with Crippen molar-refractivity contribution in [3.63, 3.8) is 0 Å². The minimum atomic E-state index is 0.167. The summed E-state index contributed by atoms with van der Waals surface area (Å²) < 4.78 is 0. The van der Waals surface area contributed by atoms with Gasteiger partial charge in [0.25, 0.3) is 0 Å². The van der Waals surface area contributed by atoms with Crippen molar-refractivity contribution in [2.75, 3.05) is 5.75 Å². The van der Waals surface area contributed by atoms with E-state index in [4.69, 9.17) is 17.4 Å². The smallest absolute Gasteiger partial charge is 0.0621 e. The molecule has 1 aromatic carbocycles. The first kappa shape index (κ1) is 15.3. The van der Waals surface area contributed by atoms with Crippen LogP contribution in [0.5, 0.6) is 0 Å². The van der Waals surface area contributed by atoms with Gasteiger partial charge in [-0.05, 0) is 37.1 Å². The molecule has 1 heterocycles. The van der Waals surface area contributed by atoms with Gasteiger partial charge in [-0.25, -0.2) is 0 Å². The molecule has 20 heavy (non-hydrogen) atoms. The van der Waals surface area contributed by atoms with E-state index in [1.54, 1.807) is 24.2 Å². The summed E-state index contributed by atoms with van der Waals surface area (Å²) in [6.07, 6.45) is 4.21. The monoisotopic (exact) mass is 307 g/mol. The van der Waals surface area contributed by atoms with Gasteiger partial charge in [0.05, 0.1) is 5.02 Å². The Labute approximate surface area is 128 Å². The largest absolute Gasteiger partial charge is 0.271 e. The molecule has 0 saturated carbocycles. The van der Waals surface area contributed by atoms with Crippen molar-refractivity contribution in [2.24, 2.45) is 5.84 Å². The Morgan fingerprint density at radius 2 is 2.25 bits per heavy atom. The highest BCUT2D eigenvalue weighted by Gasteiger charge is 2.11. The summed E-state index contributed by atoms with van der Waals surface area (Å²) in [6, 6.07) is 10.6. The maximum absolute atomic E-state index is 6.13. The van der Waals surface area contributed by atoms with Crippen LogP contribution in [0.3, 0.4) is 0 Å². The van der Waals surface area contributed by atoms with E-state index in [1.807, 2.05) is 6.07 Å². The van der Waals surface area contributed by atoms with Crippen LogP contribution in [-0.2, 0) is 6.42 Å². The zero-order valence-electron chi connectivity index (χ0n) is 11.3. The topological polar surface area (TPSA) is 50.9 Å². The lowest BCUT2D eigenvalue weighted by Gasteiger charge is -2.16. The molecule has 2 aromatic rings. The minimum absolute atomic E-state index is 0.167. The summed E-state index contributed by atoms with van der Waals surface area (Å²) in [4.78, 5) is 5.25. The fourth-order valence-corrected chi connectivity index (χ4v) is 3.15. The lowest BCUT2D eigenvalue weighted by atomic mass is 10.1. The fraction of sp³-hybridized carbons (Fsp3) is 0.267. The Morgan fingerprint density at radius 3 is 2.95 bits per heavy atom. The van der Waals surface area contributed by atoms with Gasteiger partial charge >= 0.3 is 0 Å². The number of rotatable bonds is 6. The molecule has 0 fully saturated rings. The lowest BCUT2D eigenvalue weighted by Crippen LogP contribution is -2.38. The van der Waals surface area contributed by atoms with Gasteiger partial charge in [-0.2, -0.15) is 0 Å². The van der Waals surface area contributed by atoms with Crippen molar-refractivity contribution < 1.29 is 0 Å². The number of nitrogens with zero attached hydrogens (tertiary/aromatic N) is 1. The molecule has 1 atom stereocenters. The van der Waals surface area contributed by atoms with Gasteiger partial charge in [-0.3, -0.25) is 16.3 Å². The van der Waals surface area contributed by atoms with Gasteiger partial charge < -0.3 is 0 Å². The van der Waals surface area contributed by atoms with Gasteiger partial charge in [0.15, 0.2) is 0 Å². The van der Waals surface area contributed by atoms with E-state index in [0.29, 0.717) is 5.02 Å². The fourth-order valence-electron chi connectivity index (χ4n) is 1.90. The normalized spacial score (nSPS) is 12.3. The molecule has 3 N–H and O–H groups in total. The molecule has 106 valence electrons. The van der Waals surface area contributed by atoms with Crippen molar-refractivity contribution in [1.29, 1.82) is 0 Å². The molecular formula is C15H18ClN3S. The first-order valence-corrected chi connectivity index (χ1v) is 7.79. The highest BCUT2D eigenvalue weighted by Crippen LogP contribution is 2.22. The van der Waals surface area contributed by atoms with Gasteiger partial charge in [-0.15, -0.1) is 11.8 Å². The van der Waals surface area contributed by atoms with Gasteiger partial charge in [0.1, 0.15) is 0 Å². The molecule has 0 aliphatic rings. The average molecular weight is 308 g/mol. The maximum atomic E-state index is 6.13. The second-order valence-corrected chi connectivity index (χ2v) is 6.16. The summed E-state index contributed by atoms with van der Waals surface area (Å²) in [5.74, 6) is 6.53. The number of benzene rings is 1. The van der Waals surface area contributed by atoms with Crippen molar-refractivity contribution in [2.45, 2.75) is 24.3 Å². The van der Waals surface area contributed by atoms with E-state index in [0.717, 1.165) is 17.7 Å². The summed E-state index contributed by atoms with van der Waals surface area (Å²) in [6.45, 7) is 2.10. The van der Waals surface area contributed by atoms with E-state index in [2.05, 4.69) is 41.6 Å². The molecule has 0 saturated heterocycles. The molecule has 0 radical (unpaired) electrons. The van der Waals surface area contributed by atoms with E-state index < -0.39 is 0 Å². The number of nitrogens with two attached hydrogens (primary N) is 1. The van der Waals surface area contributed by atoms with Crippen molar-refractivity contribution >= 4 is 23.4 Å². The van der Waals surface area contributed by atoms with Gasteiger partial charge in [-0.1, -0.05) is 29.3 Å². The number of aromatic nitrogens is 1. The molecule has 1 aromatic heterocycles. The van der Waals surface area contributed by atoms with Crippen LogP contribution in [0.2, 0.25) is 5.02 Å². The van der Waals surface area contributed by atoms with Crippen molar-refractivity contribution in [3.05, 3.63) is 58.9 Å². The molecular weight excluding hydrogens is 290 g/mol. The predicted octanol–water partition coefficient (Wildman–Crippen LogP) is 3.21. The Bertz CT molecular complexity index is 562. The van der Waals surface area contributed by atoms with E-state index in [-0.39, 0.29) is 6.04 Å². The number of aryl methyl sites for hydroxylation is 1. The van der Waals surface area contributed by atoms with Crippen LogP contribution in [0.15, 0.2) is 47.6 Å². The third-order valence-electron chi connectivity index (χ3n) is 3.00. The molecule has 1 unspecified atom stereocenters. The number of hydrazine groups is 1.